The summed E-state index contributed by atoms with van der Waals surface area (Å²) in [5, 5.41) is 13.1. The van der Waals surface area contributed by atoms with Crippen molar-refractivity contribution < 1.29 is 14.3 Å². The van der Waals surface area contributed by atoms with Crippen LogP contribution in [-0.4, -0.2) is 34.5 Å². The molecule has 2 aromatic heterocycles. The van der Waals surface area contributed by atoms with Crippen LogP contribution >= 0.6 is 0 Å². The Morgan fingerprint density at radius 1 is 1.10 bits per heavy atom. The van der Waals surface area contributed by atoms with E-state index in [1.807, 2.05) is 18.2 Å². The number of nitriles is 1. The number of aryl methyl sites for hydroxylation is 1. The maximum absolute atomic E-state index is 12.6. The summed E-state index contributed by atoms with van der Waals surface area (Å²) in [4.78, 5) is 27.9. The molecule has 7 heteroatoms. The average molecular weight is 545 g/mol. The van der Waals surface area contributed by atoms with E-state index < -0.39 is 0 Å². The second kappa shape index (κ2) is 15.9. The van der Waals surface area contributed by atoms with Gasteiger partial charge in [-0.3, -0.25) is 14.6 Å². The second-order valence-electron chi connectivity index (χ2n) is 10.7. The Bertz CT molecular complexity index is 1290. The quantitative estimate of drug-likeness (QED) is 0.269. The molecule has 1 amide bonds. The van der Waals surface area contributed by atoms with Gasteiger partial charge in [0.25, 0.3) is 5.91 Å². The number of fused-ring (bicyclic) bond motifs is 1. The normalized spacial score (nSPS) is 13.5. The highest BCUT2D eigenvalue weighted by Crippen LogP contribution is 2.34. The van der Waals surface area contributed by atoms with Crippen LogP contribution in [-0.2, 0) is 16.6 Å². The third-order valence-corrected chi connectivity index (χ3v) is 7.50. The first-order valence-corrected chi connectivity index (χ1v) is 14.8. The lowest BCUT2D eigenvalue weighted by Crippen LogP contribution is -2.18. The fourth-order valence-corrected chi connectivity index (χ4v) is 5.45. The summed E-state index contributed by atoms with van der Waals surface area (Å²) in [6.07, 6.45) is 13.0. The highest BCUT2D eigenvalue weighted by atomic mass is 16.5. The van der Waals surface area contributed by atoms with Crippen LogP contribution in [0.1, 0.15) is 106 Å². The van der Waals surface area contributed by atoms with Gasteiger partial charge in [0.15, 0.2) is 0 Å². The van der Waals surface area contributed by atoms with Crippen molar-refractivity contribution in [1.82, 2.24) is 9.55 Å². The highest BCUT2D eigenvalue weighted by Gasteiger charge is 2.18. The highest BCUT2D eigenvalue weighted by molar-refractivity contribution is 6.04. The molecule has 0 saturated carbocycles. The van der Waals surface area contributed by atoms with Crippen LogP contribution in [0, 0.1) is 17.2 Å². The van der Waals surface area contributed by atoms with Crippen LogP contribution in [0.5, 0.6) is 0 Å². The fraction of sp³-hybridized carbons (Fsp3) is 0.515. The first kappa shape index (κ1) is 31.0. The lowest BCUT2D eigenvalue weighted by Gasteiger charge is -2.20. The number of nitrogens with zero attached hydrogens (tertiary/aromatic N) is 3. The van der Waals surface area contributed by atoms with Gasteiger partial charge in [-0.1, -0.05) is 33.6 Å². The molecule has 4 rings (SSSR count). The van der Waals surface area contributed by atoms with Crippen LogP contribution in [0.25, 0.3) is 10.9 Å². The third-order valence-electron chi connectivity index (χ3n) is 7.50. The topological polar surface area (TPSA) is 97.0 Å². The summed E-state index contributed by atoms with van der Waals surface area (Å²) in [7, 11) is 2.07. The van der Waals surface area contributed by atoms with Gasteiger partial charge >= 0.3 is 0 Å². The maximum Gasteiger partial charge on any atom is 0.274 e. The van der Waals surface area contributed by atoms with E-state index in [1.165, 1.54) is 23.2 Å². The molecule has 3 aromatic rings. The number of benzene rings is 1. The molecule has 7 nitrogen and oxygen atoms in total. The molecular formula is C33H44N4O3. The van der Waals surface area contributed by atoms with Crippen LogP contribution < -0.4 is 5.32 Å². The van der Waals surface area contributed by atoms with Crippen LogP contribution in [0.3, 0.4) is 0 Å². The molecule has 3 heterocycles. The van der Waals surface area contributed by atoms with E-state index in [4.69, 9.17) is 10.00 Å². The summed E-state index contributed by atoms with van der Waals surface area (Å²) in [6, 6.07) is 11.1. The zero-order valence-corrected chi connectivity index (χ0v) is 24.5. The number of nitrogens with one attached hydrogen (secondary N) is 1. The zero-order valence-electron chi connectivity index (χ0n) is 24.5. The molecule has 0 radical (unpaired) electrons. The molecule has 1 N–H and O–H groups in total. The summed E-state index contributed by atoms with van der Waals surface area (Å²) < 4.78 is 7.39. The monoisotopic (exact) mass is 544 g/mol. The molecule has 214 valence electrons. The predicted octanol–water partition coefficient (Wildman–Crippen LogP) is 7.55. The summed E-state index contributed by atoms with van der Waals surface area (Å²) in [5.74, 6) is 1.26. The number of ether oxygens (including phenoxy) is 1. The standard InChI is InChI=1S/C23H26N4O.C10H18O2/c1-4-6-17(7-5-2)20-15-27(3)22-9-8-18(13-19(20)22)26-23(28)21-12-16(14-24)10-11-25-21;1-2-3-10(11)8-9-4-6-12-7-5-9/h8-13,15,17H,4-7H2,1-3H3,(H,26,28);9H,2-8H2,1H3. The summed E-state index contributed by atoms with van der Waals surface area (Å²) >= 11 is 0. The van der Waals surface area contributed by atoms with Crippen molar-refractivity contribution in [2.45, 2.75) is 84.5 Å². The van der Waals surface area contributed by atoms with E-state index in [1.54, 1.807) is 6.07 Å². The number of anilines is 1. The van der Waals surface area contributed by atoms with Crippen molar-refractivity contribution in [3.05, 3.63) is 59.5 Å². The van der Waals surface area contributed by atoms with Gasteiger partial charge in [0.05, 0.1) is 11.6 Å². The Hall–Kier alpha value is -3.50. The molecule has 1 fully saturated rings. The number of aromatic nitrogens is 2. The minimum absolute atomic E-state index is 0.238. The molecule has 0 bridgehead atoms. The van der Waals surface area contributed by atoms with Crippen LogP contribution in [0.15, 0.2) is 42.7 Å². The number of carbonyl (C=O) groups is 2. The minimum atomic E-state index is -0.312. The van der Waals surface area contributed by atoms with Gasteiger partial charge in [0.1, 0.15) is 11.5 Å². The molecule has 0 spiro atoms. The molecule has 0 aliphatic carbocycles. The van der Waals surface area contributed by atoms with Crippen molar-refractivity contribution in [1.29, 1.82) is 5.26 Å². The molecule has 0 unspecified atom stereocenters. The molecule has 40 heavy (non-hydrogen) atoms. The largest absolute Gasteiger partial charge is 0.381 e. The smallest absolute Gasteiger partial charge is 0.274 e. The van der Waals surface area contributed by atoms with Gasteiger partial charge in [0, 0.05) is 62.1 Å². The van der Waals surface area contributed by atoms with Crippen molar-refractivity contribution in [2.24, 2.45) is 13.0 Å². The maximum atomic E-state index is 12.6. The van der Waals surface area contributed by atoms with Gasteiger partial charge in [-0.05, 0) is 79.8 Å². The Labute approximate surface area is 238 Å². The second-order valence-corrected chi connectivity index (χ2v) is 10.7. The Morgan fingerprint density at radius 3 is 2.48 bits per heavy atom. The molecule has 1 aromatic carbocycles. The SMILES string of the molecule is CCCC(=O)CC1CCOCC1.CCCC(CCC)c1cn(C)c2ccc(NC(=O)c3cc(C#N)ccn3)cc12. The molecule has 1 saturated heterocycles. The van der Waals surface area contributed by atoms with E-state index in [-0.39, 0.29) is 11.6 Å². The number of rotatable bonds is 11. The number of carbonyl (C=O) groups excluding carboxylic acids is 2. The van der Waals surface area contributed by atoms with Crippen molar-refractivity contribution in [2.75, 3.05) is 18.5 Å². The minimum Gasteiger partial charge on any atom is -0.381 e. The van der Waals surface area contributed by atoms with E-state index in [0.717, 1.165) is 82.2 Å². The zero-order chi connectivity index (χ0) is 28.9. The molecule has 0 atom stereocenters. The van der Waals surface area contributed by atoms with Crippen molar-refractivity contribution in [3.8, 4) is 6.07 Å². The number of hydrogen-bond donors (Lipinski definition) is 1. The first-order valence-electron chi connectivity index (χ1n) is 14.8. The number of pyridine rings is 1. The molecule has 1 aliphatic heterocycles. The van der Waals surface area contributed by atoms with E-state index in [2.05, 4.69) is 54.9 Å². The van der Waals surface area contributed by atoms with Crippen LogP contribution in [0.2, 0.25) is 0 Å². The Kier molecular flexibility index (Phi) is 12.4. The van der Waals surface area contributed by atoms with Gasteiger partial charge in [0.2, 0.25) is 0 Å². The van der Waals surface area contributed by atoms with E-state index in [0.29, 0.717) is 23.2 Å². The Balaban J connectivity index is 0.000000307. The number of hydrogen-bond acceptors (Lipinski definition) is 5. The summed E-state index contributed by atoms with van der Waals surface area (Å²) in [5.41, 5.74) is 3.91. The van der Waals surface area contributed by atoms with Gasteiger partial charge in [-0.25, -0.2) is 0 Å². The first-order chi connectivity index (χ1) is 19.4. The number of Topliss-reactive ketones (excluding diaryl/α,β-unsaturated/α-hetero) is 1. The third kappa shape index (κ3) is 8.76. The Morgan fingerprint density at radius 2 is 1.82 bits per heavy atom. The van der Waals surface area contributed by atoms with Crippen molar-refractivity contribution >= 4 is 28.3 Å². The lowest BCUT2D eigenvalue weighted by molar-refractivity contribution is -0.120. The predicted molar refractivity (Wildman–Crippen MR) is 160 cm³/mol. The lowest BCUT2D eigenvalue weighted by atomic mass is 9.90. The number of ketones is 1. The van der Waals surface area contributed by atoms with E-state index in [9.17, 15) is 9.59 Å². The van der Waals surface area contributed by atoms with E-state index >= 15 is 0 Å². The van der Waals surface area contributed by atoms with Gasteiger partial charge in [-0.15, -0.1) is 0 Å². The van der Waals surface area contributed by atoms with Crippen LogP contribution in [0.4, 0.5) is 5.69 Å². The van der Waals surface area contributed by atoms with Gasteiger partial charge in [-0.2, -0.15) is 5.26 Å². The number of amides is 1. The molecule has 1 aliphatic rings. The average Bonchev–Trinajstić information content (AvgIpc) is 3.29. The summed E-state index contributed by atoms with van der Waals surface area (Å²) in [6.45, 7) is 8.21. The van der Waals surface area contributed by atoms with Gasteiger partial charge < -0.3 is 14.6 Å². The molecular weight excluding hydrogens is 500 g/mol. The van der Waals surface area contributed by atoms with Crippen molar-refractivity contribution in [3.63, 3.8) is 0 Å². The fourth-order valence-electron chi connectivity index (χ4n) is 5.45.